The molecule has 1 aromatic carbocycles. The smallest absolute Gasteiger partial charge is 0.106 e. The fourth-order valence-electron chi connectivity index (χ4n) is 2.14. The minimum absolute atomic E-state index is 0.512. The molecule has 1 aromatic heterocycles. The van der Waals surface area contributed by atoms with Gasteiger partial charge in [0.15, 0.2) is 0 Å². The summed E-state index contributed by atoms with van der Waals surface area (Å²) in [5, 5.41) is 0. The van der Waals surface area contributed by atoms with Crippen LogP contribution in [0, 0.1) is 0 Å². The van der Waals surface area contributed by atoms with Crippen LogP contribution in [0.5, 0.6) is 0 Å². The number of fused-ring (bicyclic) bond motifs is 1. The van der Waals surface area contributed by atoms with Crippen molar-refractivity contribution in [3.05, 3.63) is 17.6 Å². The zero-order chi connectivity index (χ0) is 13.1. The van der Waals surface area contributed by atoms with Gasteiger partial charge in [0, 0.05) is 18.8 Å². The zero-order valence-electron chi connectivity index (χ0n) is 11.0. The summed E-state index contributed by atoms with van der Waals surface area (Å²) < 4.78 is 1.16. The maximum Gasteiger partial charge on any atom is 0.106 e. The van der Waals surface area contributed by atoms with Gasteiger partial charge in [0.2, 0.25) is 0 Å². The third kappa shape index (κ3) is 2.42. The molecule has 3 nitrogen and oxygen atoms in total. The van der Waals surface area contributed by atoms with E-state index in [1.807, 2.05) is 17.3 Å². The highest BCUT2D eigenvalue weighted by Crippen LogP contribution is 2.33. The predicted octanol–water partition coefficient (Wildman–Crippen LogP) is 3.46. The Morgan fingerprint density at radius 1 is 1.50 bits per heavy atom. The number of benzene rings is 1. The summed E-state index contributed by atoms with van der Waals surface area (Å²) in [7, 11) is 2.12. The van der Waals surface area contributed by atoms with Crippen LogP contribution >= 0.6 is 23.1 Å². The minimum atomic E-state index is 0.512. The molecule has 0 fully saturated rings. The van der Waals surface area contributed by atoms with E-state index >= 15 is 0 Å². The monoisotopic (exact) mass is 281 g/mol. The molecule has 0 saturated heterocycles. The van der Waals surface area contributed by atoms with Crippen molar-refractivity contribution >= 4 is 44.7 Å². The molecule has 2 rings (SSSR count). The van der Waals surface area contributed by atoms with Crippen molar-refractivity contribution in [1.82, 2.24) is 4.98 Å². The second-order valence-electron chi connectivity index (χ2n) is 4.33. The molecule has 1 unspecified atom stereocenters. The largest absolute Gasteiger partial charge is 0.395 e. The van der Waals surface area contributed by atoms with Crippen molar-refractivity contribution in [2.75, 3.05) is 29.7 Å². The van der Waals surface area contributed by atoms with Gasteiger partial charge in [0.25, 0.3) is 0 Å². The standard InChI is InChI=1S/C13H19N3S2/c1-4-9(7-17-3)16(2)10-5-6-11-13(12(10)14)15-8-18-11/h5-6,8-9H,4,7,14H2,1-3H3. The third-order valence-electron chi connectivity index (χ3n) is 3.28. The van der Waals surface area contributed by atoms with Crippen molar-refractivity contribution in [2.24, 2.45) is 0 Å². The first-order valence-electron chi connectivity index (χ1n) is 6.02. The SMILES string of the molecule is CCC(CSC)N(C)c1ccc2scnc2c1N. The molecule has 18 heavy (non-hydrogen) atoms. The highest BCUT2D eigenvalue weighted by Gasteiger charge is 2.16. The van der Waals surface area contributed by atoms with E-state index in [0.717, 1.165) is 33.8 Å². The van der Waals surface area contributed by atoms with Crippen LogP contribution in [0.3, 0.4) is 0 Å². The summed E-state index contributed by atoms with van der Waals surface area (Å²) in [4.78, 5) is 6.64. The molecular formula is C13H19N3S2. The summed E-state index contributed by atoms with van der Waals surface area (Å²) in [5.41, 5.74) is 10.9. The van der Waals surface area contributed by atoms with E-state index in [2.05, 4.69) is 42.2 Å². The number of nitrogens with two attached hydrogens (primary N) is 1. The summed E-state index contributed by atoms with van der Waals surface area (Å²) in [6.07, 6.45) is 3.26. The summed E-state index contributed by atoms with van der Waals surface area (Å²) in [6, 6.07) is 4.73. The van der Waals surface area contributed by atoms with Gasteiger partial charge in [-0.15, -0.1) is 11.3 Å². The highest BCUT2D eigenvalue weighted by atomic mass is 32.2. The Balaban J connectivity index is 2.37. The van der Waals surface area contributed by atoms with Crippen molar-refractivity contribution < 1.29 is 0 Å². The first-order valence-corrected chi connectivity index (χ1v) is 8.29. The minimum Gasteiger partial charge on any atom is -0.395 e. The Hall–Kier alpha value is -0.940. The number of rotatable bonds is 5. The summed E-state index contributed by atoms with van der Waals surface area (Å²) in [6.45, 7) is 2.22. The summed E-state index contributed by atoms with van der Waals surface area (Å²) >= 11 is 3.50. The third-order valence-corrected chi connectivity index (χ3v) is 4.79. The molecule has 5 heteroatoms. The van der Waals surface area contributed by atoms with E-state index in [9.17, 15) is 0 Å². The van der Waals surface area contributed by atoms with Crippen molar-refractivity contribution in [2.45, 2.75) is 19.4 Å². The topological polar surface area (TPSA) is 42.2 Å². The number of nitrogens with zero attached hydrogens (tertiary/aromatic N) is 2. The molecule has 0 spiro atoms. The van der Waals surface area contributed by atoms with E-state index in [0.29, 0.717) is 6.04 Å². The van der Waals surface area contributed by atoms with Gasteiger partial charge in [0.05, 0.1) is 21.6 Å². The van der Waals surface area contributed by atoms with Gasteiger partial charge in [0.1, 0.15) is 5.52 Å². The van der Waals surface area contributed by atoms with E-state index in [1.165, 1.54) is 0 Å². The number of thiazole rings is 1. The average molecular weight is 281 g/mol. The normalized spacial score (nSPS) is 12.8. The average Bonchev–Trinajstić information content (AvgIpc) is 2.85. The lowest BCUT2D eigenvalue weighted by Crippen LogP contribution is -2.33. The number of hydrogen-bond donors (Lipinski definition) is 1. The van der Waals surface area contributed by atoms with Crippen LogP contribution in [-0.2, 0) is 0 Å². The molecule has 2 aromatic rings. The molecule has 1 atom stereocenters. The van der Waals surface area contributed by atoms with E-state index < -0.39 is 0 Å². The van der Waals surface area contributed by atoms with Crippen molar-refractivity contribution in [3.8, 4) is 0 Å². The Bertz CT molecular complexity index is 524. The molecule has 0 aliphatic heterocycles. The fourth-order valence-corrected chi connectivity index (χ4v) is 3.68. The van der Waals surface area contributed by atoms with Crippen LogP contribution < -0.4 is 10.6 Å². The first-order chi connectivity index (χ1) is 8.69. The predicted molar refractivity (Wildman–Crippen MR) is 84.9 cm³/mol. The van der Waals surface area contributed by atoms with Crippen LogP contribution in [0.15, 0.2) is 17.6 Å². The molecule has 0 aliphatic rings. The molecule has 0 radical (unpaired) electrons. The lowest BCUT2D eigenvalue weighted by atomic mass is 10.1. The van der Waals surface area contributed by atoms with E-state index in [4.69, 9.17) is 5.73 Å². The molecule has 0 aliphatic carbocycles. The Morgan fingerprint density at radius 3 is 2.94 bits per heavy atom. The van der Waals surface area contributed by atoms with Crippen LogP contribution in [0.25, 0.3) is 10.2 Å². The Kier molecular flexibility index (Phi) is 4.35. The zero-order valence-corrected chi connectivity index (χ0v) is 12.6. The second-order valence-corrected chi connectivity index (χ2v) is 6.12. The van der Waals surface area contributed by atoms with Crippen LogP contribution in [0.1, 0.15) is 13.3 Å². The second kappa shape index (κ2) is 5.80. The molecule has 0 saturated carbocycles. The number of hydrogen-bond acceptors (Lipinski definition) is 5. The molecule has 2 N–H and O–H groups in total. The Labute approximate surface area is 116 Å². The van der Waals surface area contributed by atoms with Gasteiger partial charge in [-0.05, 0) is 24.8 Å². The summed E-state index contributed by atoms with van der Waals surface area (Å²) in [5.74, 6) is 1.11. The number of anilines is 2. The van der Waals surface area contributed by atoms with E-state index in [-0.39, 0.29) is 0 Å². The van der Waals surface area contributed by atoms with Gasteiger partial charge in [-0.2, -0.15) is 11.8 Å². The van der Waals surface area contributed by atoms with Gasteiger partial charge >= 0.3 is 0 Å². The maximum atomic E-state index is 6.25. The number of thioether (sulfide) groups is 1. The fraction of sp³-hybridized carbons (Fsp3) is 0.462. The van der Waals surface area contributed by atoms with Crippen molar-refractivity contribution in [3.63, 3.8) is 0 Å². The number of aromatic nitrogens is 1. The van der Waals surface area contributed by atoms with Crippen LogP contribution in [0.4, 0.5) is 11.4 Å². The van der Waals surface area contributed by atoms with Crippen LogP contribution in [0.2, 0.25) is 0 Å². The molecule has 0 amide bonds. The Morgan fingerprint density at radius 2 is 2.28 bits per heavy atom. The quantitative estimate of drug-likeness (QED) is 0.852. The maximum absolute atomic E-state index is 6.25. The molecule has 98 valence electrons. The van der Waals surface area contributed by atoms with Gasteiger partial charge < -0.3 is 10.6 Å². The van der Waals surface area contributed by atoms with E-state index in [1.54, 1.807) is 11.3 Å². The van der Waals surface area contributed by atoms with Crippen molar-refractivity contribution in [1.29, 1.82) is 0 Å². The lowest BCUT2D eigenvalue weighted by molar-refractivity contribution is 0.674. The molecule has 1 heterocycles. The van der Waals surface area contributed by atoms with Gasteiger partial charge in [-0.1, -0.05) is 6.92 Å². The molecule has 0 bridgehead atoms. The van der Waals surface area contributed by atoms with Gasteiger partial charge in [-0.3, -0.25) is 0 Å². The molecular weight excluding hydrogens is 262 g/mol. The lowest BCUT2D eigenvalue weighted by Gasteiger charge is -2.29. The van der Waals surface area contributed by atoms with Crippen LogP contribution in [-0.4, -0.2) is 30.1 Å². The first kappa shape index (κ1) is 13.5. The number of nitrogen functional groups attached to an aromatic ring is 1. The highest BCUT2D eigenvalue weighted by molar-refractivity contribution is 7.98. The van der Waals surface area contributed by atoms with Gasteiger partial charge in [-0.25, -0.2) is 4.98 Å².